The van der Waals surface area contributed by atoms with Crippen LogP contribution in [0.25, 0.3) is 0 Å². The summed E-state index contributed by atoms with van der Waals surface area (Å²) in [6.45, 7) is 0.386. The highest BCUT2D eigenvalue weighted by Gasteiger charge is 2.33. The summed E-state index contributed by atoms with van der Waals surface area (Å²) in [7, 11) is 0. The number of nitrogens with zero attached hydrogens (tertiary/aromatic N) is 2. The summed E-state index contributed by atoms with van der Waals surface area (Å²) in [5.74, 6) is -0.399. The molecule has 0 saturated carbocycles. The number of aromatic nitrogens is 2. The zero-order valence-corrected chi connectivity index (χ0v) is 25.3. The number of amides is 2. The third-order valence-corrected chi connectivity index (χ3v) is 8.03. The number of imidazole rings is 1. The summed E-state index contributed by atoms with van der Waals surface area (Å²) in [6, 6.07) is 21.9. The Morgan fingerprint density at radius 2 is 1.61 bits per heavy atom. The maximum Gasteiger partial charge on any atom is 0.224 e. The molecule has 1 aliphatic heterocycles. The Kier molecular flexibility index (Phi) is 10.5. The lowest BCUT2D eigenvalue weighted by Gasteiger charge is -2.36. The van der Waals surface area contributed by atoms with Crippen molar-refractivity contribution in [2.75, 3.05) is 16.4 Å². The van der Waals surface area contributed by atoms with Gasteiger partial charge in [0.15, 0.2) is 11.4 Å². The molecule has 44 heavy (non-hydrogen) atoms. The molecule has 0 radical (unpaired) electrons. The van der Waals surface area contributed by atoms with Crippen LogP contribution in [0.3, 0.4) is 0 Å². The number of anilines is 3. The van der Waals surface area contributed by atoms with Crippen molar-refractivity contribution in [1.82, 2.24) is 9.55 Å². The van der Waals surface area contributed by atoms with E-state index < -0.39 is 6.29 Å². The predicted octanol–water partition coefficient (Wildman–Crippen LogP) is 6.26. The molecule has 1 aliphatic rings. The van der Waals surface area contributed by atoms with Gasteiger partial charge in [-0.1, -0.05) is 71.7 Å². The topological polar surface area (TPSA) is 141 Å². The molecule has 0 bridgehead atoms. The van der Waals surface area contributed by atoms with Gasteiger partial charge >= 0.3 is 0 Å². The van der Waals surface area contributed by atoms with Crippen LogP contribution in [0.15, 0.2) is 79.1 Å². The van der Waals surface area contributed by atoms with Crippen LogP contribution in [0.2, 0.25) is 10.3 Å². The lowest BCUT2D eigenvalue weighted by atomic mass is 10.00. The van der Waals surface area contributed by atoms with E-state index in [0.717, 1.165) is 16.7 Å². The van der Waals surface area contributed by atoms with Crippen LogP contribution in [0.4, 0.5) is 17.1 Å². The van der Waals surface area contributed by atoms with Crippen LogP contribution in [-0.4, -0.2) is 32.6 Å². The number of carbonyl (C=O) groups excluding carboxylic acids is 2. The van der Waals surface area contributed by atoms with Gasteiger partial charge in [-0.3, -0.25) is 9.59 Å². The van der Waals surface area contributed by atoms with Gasteiger partial charge in [0.2, 0.25) is 11.8 Å². The Balaban J connectivity index is 1.19. The summed E-state index contributed by atoms with van der Waals surface area (Å²) < 4.78 is 14.5. The van der Waals surface area contributed by atoms with E-state index in [4.69, 9.17) is 38.4 Å². The molecule has 10 nitrogen and oxygen atoms in total. The second-order valence-corrected chi connectivity index (χ2v) is 11.2. The van der Waals surface area contributed by atoms with Crippen molar-refractivity contribution < 1.29 is 24.2 Å². The van der Waals surface area contributed by atoms with Crippen molar-refractivity contribution in [3.8, 4) is 0 Å². The van der Waals surface area contributed by atoms with E-state index in [-0.39, 0.29) is 48.6 Å². The van der Waals surface area contributed by atoms with E-state index in [1.54, 1.807) is 47.3 Å². The number of ether oxygens (including phenoxy) is 2. The second kappa shape index (κ2) is 14.7. The molecular weight excluding hydrogens is 605 g/mol. The van der Waals surface area contributed by atoms with Crippen molar-refractivity contribution in [2.24, 2.45) is 0 Å². The minimum atomic E-state index is -0.684. The van der Waals surface area contributed by atoms with Gasteiger partial charge in [0.05, 0.1) is 43.1 Å². The zero-order chi connectivity index (χ0) is 31.1. The van der Waals surface area contributed by atoms with Gasteiger partial charge < -0.3 is 35.5 Å². The fourth-order valence-electron chi connectivity index (χ4n) is 4.90. The number of rotatable bonds is 11. The average molecular weight is 639 g/mol. The molecule has 2 heterocycles. The monoisotopic (exact) mass is 637 g/mol. The first-order valence-electron chi connectivity index (χ1n) is 14.2. The first-order valence-corrected chi connectivity index (χ1v) is 15.0. The Morgan fingerprint density at radius 1 is 0.932 bits per heavy atom. The molecular formula is C32H33Cl2N5O5. The number of aliphatic hydroxyl groups excluding tert-OH is 1. The number of hydrogen-bond acceptors (Lipinski definition) is 7. The number of halogens is 2. The predicted molar refractivity (Wildman–Crippen MR) is 169 cm³/mol. The first kappa shape index (κ1) is 31.5. The maximum absolute atomic E-state index is 12.5. The van der Waals surface area contributed by atoms with Crippen LogP contribution < -0.4 is 16.4 Å². The number of carbonyl (C=O) groups is 2. The van der Waals surface area contributed by atoms with Crippen molar-refractivity contribution in [3.63, 3.8) is 0 Å². The molecule has 1 saturated heterocycles. The number of para-hydroxylation sites is 2. The molecule has 1 aromatic heterocycles. The van der Waals surface area contributed by atoms with Crippen LogP contribution in [0, 0.1) is 0 Å². The smallest absolute Gasteiger partial charge is 0.224 e. The number of benzene rings is 3. The molecule has 2 amide bonds. The van der Waals surface area contributed by atoms with Gasteiger partial charge in [0.25, 0.3) is 0 Å². The van der Waals surface area contributed by atoms with Gasteiger partial charge in [-0.2, -0.15) is 0 Å². The standard InChI is InChI=1S/C32H33Cl2N5O5/c33-30-31(34)39(19-36-30)17-24-16-27(21-10-8-20(18-40)9-11-21)44-32(43-24)22-12-14-23(15-13-22)37-28(41)6-3-7-29(42)38-26-5-2-1-4-25(26)35/h1-2,4-5,8-15,19,24,27,32,40H,3,6-7,16-18,35H2,(H,37,41)(H,38,42)/t24-,27+,32+/m0/s1. The highest BCUT2D eigenvalue weighted by atomic mass is 35.5. The molecule has 0 aliphatic carbocycles. The van der Waals surface area contributed by atoms with Crippen molar-refractivity contribution >= 4 is 52.1 Å². The molecule has 4 aromatic rings. The summed E-state index contributed by atoms with van der Waals surface area (Å²) in [5, 5.41) is 15.6. The van der Waals surface area contributed by atoms with Gasteiger partial charge in [0.1, 0.15) is 5.15 Å². The van der Waals surface area contributed by atoms with E-state index in [1.807, 2.05) is 36.4 Å². The Bertz CT molecular complexity index is 1580. The third-order valence-electron chi connectivity index (χ3n) is 7.26. The maximum atomic E-state index is 12.5. The molecule has 3 aromatic carbocycles. The normalized spacial score (nSPS) is 18.1. The van der Waals surface area contributed by atoms with Gasteiger partial charge in [0, 0.05) is 30.5 Å². The van der Waals surface area contributed by atoms with Crippen molar-refractivity contribution in [2.45, 2.75) is 57.3 Å². The highest BCUT2D eigenvalue weighted by Crippen LogP contribution is 2.39. The lowest BCUT2D eigenvalue weighted by Crippen LogP contribution is -2.32. The molecule has 230 valence electrons. The SMILES string of the molecule is Nc1ccccc1NC(=O)CCCC(=O)Nc1ccc([C@@H]2O[C@H](Cn3cnc(Cl)c3Cl)C[C@H](c3ccc(CO)cc3)O2)cc1. The quantitative estimate of drug-likeness (QED) is 0.142. The molecule has 5 N–H and O–H groups in total. The van der Waals surface area contributed by atoms with Crippen LogP contribution >= 0.6 is 23.2 Å². The number of nitrogen functional groups attached to an aromatic ring is 1. The molecule has 1 fully saturated rings. The van der Waals surface area contributed by atoms with Crippen LogP contribution in [0.1, 0.15) is 54.8 Å². The van der Waals surface area contributed by atoms with Crippen LogP contribution in [-0.2, 0) is 32.2 Å². The molecule has 3 atom stereocenters. The van der Waals surface area contributed by atoms with Gasteiger partial charge in [-0.05, 0) is 41.8 Å². The molecule has 5 rings (SSSR count). The van der Waals surface area contributed by atoms with Gasteiger partial charge in [-0.15, -0.1) is 0 Å². The minimum absolute atomic E-state index is 0.0396. The van der Waals surface area contributed by atoms with Crippen LogP contribution in [0.5, 0.6) is 0 Å². The largest absolute Gasteiger partial charge is 0.397 e. The van der Waals surface area contributed by atoms with Crippen molar-refractivity contribution in [1.29, 1.82) is 0 Å². The second-order valence-electron chi connectivity index (χ2n) is 10.5. The summed E-state index contributed by atoms with van der Waals surface area (Å²) in [6.07, 6.45) is 1.68. The molecule has 0 spiro atoms. The number of hydrogen-bond donors (Lipinski definition) is 4. The summed E-state index contributed by atoms with van der Waals surface area (Å²) in [4.78, 5) is 28.8. The molecule has 0 unspecified atom stereocenters. The highest BCUT2D eigenvalue weighted by molar-refractivity contribution is 6.40. The fraction of sp³-hybridized carbons (Fsp3) is 0.281. The number of nitrogens with two attached hydrogens (primary N) is 1. The molecule has 12 heteroatoms. The first-order chi connectivity index (χ1) is 21.3. The third kappa shape index (κ3) is 8.16. The van der Waals surface area contributed by atoms with Gasteiger partial charge in [-0.25, -0.2) is 4.98 Å². The summed E-state index contributed by atoms with van der Waals surface area (Å²) >= 11 is 12.4. The van der Waals surface area contributed by atoms with Crippen molar-refractivity contribution in [3.05, 3.63) is 106 Å². The fourth-order valence-corrected chi connectivity index (χ4v) is 5.22. The van der Waals surface area contributed by atoms with E-state index in [2.05, 4.69) is 15.6 Å². The average Bonchev–Trinajstić information content (AvgIpc) is 3.34. The van der Waals surface area contributed by atoms with E-state index in [1.165, 1.54) is 0 Å². The Labute approximate surface area is 265 Å². The lowest BCUT2D eigenvalue weighted by molar-refractivity contribution is -0.252. The summed E-state index contributed by atoms with van der Waals surface area (Å²) in [5.41, 5.74) is 10.1. The van der Waals surface area contributed by atoms with E-state index in [0.29, 0.717) is 41.6 Å². The van der Waals surface area contributed by atoms with E-state index in [9.17, 15) is 14.7 Å². The number of aliphatic hydroxyl groups is 1. The number of nitrogens with one attached hydrogen (secondary N) is 2. The zero-order valence-electron chi connectivity index (χ0n) is 23.8. The Morgan fingerprint density at radius 3 is 2.27 bits per heavy atom. The van der Waals surface area contributed by atoms with E-state index >= 15 is 0 Å². The minimum Gasteiger partial charge on any atom is -0.397 e. The Hall–Kier alpha value is -3.93.